The van der Waals surface area contributed by atoms with Crippen molar-refractivity contribution in [3.8, 4) is 0 Å². The summed E-state index contributed by atoms with van der Waals surface area (Å²) in [7, 11) is 3.76. The third kappa shape index (κ3) is 5.28. The van der Waals surface area contributed by atoms with Crippen molar-refractivity contribution < 1.29 is 0 Å². The third-order valence-corrected chi connectivity index (χ3v) is 7.42. The van der Waals surface area contributed by atoms with E-state index in [1.165, 1.54) is 39.0 Å². The summed E-state index contributed by atoms with van der Waals surface area (Å²) in [6, 6.07) is 27.3. The van der Waals surface area contributed by atoms with Crippen LogP contribution in [0, 0.1) is 13.8 Å². The first-order chi connectivity index (χ1) is 13.0. The van der Waals surface area contributed by atoms with Gasteiger partial charge in [0.2, 0.25) is 0 Å². The van der Waals surface area contributed by atoms with Crippen LogP contribution in [0.4, 0.5) is 0 Å². The molecule has 0 aliphatic rings. The number of aryl methyl sites for hydroxylation is 3. The molecule has 0 atom stereocenters. The Kier molecular flexibility index (Phi) is 6.83. The molecule has 0 aromatic heterocycles. The van der Waals surface area contributed by atoms with Gasteiger partial charge in [-0.15, -0.1) is 0 Å². The molecular formula is C25H30NP. The van der Waals surface area contributed by atoms with Gasteiger partial charge >= 0.3 is 0 Å². The second-order valence-corrected chi connectivity index (χ2v) is 9.73. The van der Waals surface area contributed by atoms with E-state index >= 15 is 0 Å². The quantitative estimate of drug-likeness (QED) is 0.548. The van der Waals surface area contributed by atoms with Crippen LogP contribution >= 0.6 is 7.92 Å². The fourth-order valence-electron chi connectivity index (χ4n) is 3.34. The van der Waals surface area contributed by atoms with E-state index in [1.54, 1.807) is 0 Å². The van der Waals surface area contributed by atoms with Crippen LogP contribution in [-0.4, -0.2) is 25.5 Å². The summed E-state index contributed by atoms with van der Waals surface area (Å²) in [5, 5.41) is 4.36. The molecule has 140 valence electrons. The average Bonchev–Trinajstić information content (AvgIpc) is 2.66. The van der Waals surface area contributed by atoms with Crippen molar-refractivity contribution in [2.45, 2.75) is 26.7 Å². The first-order valence-corrected chi connectivity index (χ1v) is 11.0. The molecule has 0 unspecified atom stereocenters. The Morgan fingerprint density at radius 2 is 1.22 bits per heavy atom. The second-order valence-electron chi connectivity index (χ2n) is 7.54. The lowest BCUT2D eigenvalue weighted by molar-refractivity contribution is 0.400. The topological polar surface area (TPSA) is 3.24 Å². The molecular weight excluding hydrogens is 345 g/mol. The Bertz CT molecular complexity index is 805. The van der Waals surface area contributed by atoms with Crippen LogP contribution in [0.15, 0.2) is 72.8 Å². The van der Waals surface area contributed by atoms with Crippen LogP contribution in [0.25, 0.3) is 0 Å². The highest BCUT2D eigenvalue weighted by Gasteiger charge is 2.19. The Morgan fingerprint density at radius 1 is 0.704 bits per heavy atom. The summed E-state index contributed by atoms with van der Waals surface area (Å²) in [4.78, 5) is 2.27. The standard InChI is InChI=1S/C25H30NP/c1-20-11-15-23(16-12-20)27(24-17-13-21(2)14-18-24)25-10-6-5-8-22(25)9-7-19-26(3)4/h5-6,8,10-18H,7,9,19H2,1-4H3. The number of hydrogen-bond donors (Lipinski definition) is 0. The Morgan fingerprint density at radius 3 is 1.74 bits per heavy atom. The van der Waals surface area contributed by atoms with Gasteiger partial charge in [0.1, 0.15) is 0 Å². The molecule has 0 fully saturated rings. The fraction of sp³-hybridized carbons (Fsp3) is 0.280. The van der Waals surface area contributed by atoms with Crippen LogP contribution in [0.3, 0.4) is 0 Å². The summed E-state index contributed by atoms with van der Waals surface area (Å²) >= 11 is 0. The largest absolute Gasteiger partial charge is 0.309 e. The molecule has 0 bridgehead atoms. The maximum Gasteiger partial charge on any atom is -0.00217 e. The second kappa shape index (κ2) is 9.31. The zero-order chi connectivity index (χ0) is 19.2. The summed E-state index contributed by atoms with van der Waals surface area (Å²) in [6.45, 7) is 5.45. The first-order valence-electron chi connectivity index (χ1n) is 9.71. The smallest absolute Gasteiger partial charge is 0.00217 e. The van der Waals surface area contributed by atoms with Crippen LogP contribution in [0.2, 0.25) is 0 Å². The average molecular weight is 375 g/mol. The van der Waals surface area contributed by atoms with Crippen molar-refractivity contribution in [2.24, 2.45) is 0 Å². The maximum absolute atomic E-state index is 2.34. The van der Waals surface area contributed by atoms with Gasteiger partial charge in [0.25, 0.3) is 0 Å². The Balaban J connectivity index is 2.03. The molecule has 0 saturated heterocycles. The maximum atomic E-state index is 2.34. The first kappa shape index (κ1) is 19.8. The third-order valence-electron chi connectivity index (χ3n) is 4.87. The fourth-order valence-corrected chi connectivity index (χ4v) is 5.80. The van der Waals surface area contributed by atoms with E-state index < -0.39 is 7.92 Å². The van der Waals surface area contributed by atoms with Crippen LogP contribution < -0.4 is 15.9 Å². The molecule has 0 heterocycles. The molecule has 0 aliphatic carbocycles. The van der Waals surface area contributed by atoms with Gasteiger partial charge in [-0.1, -0.05) is 83.9 Å². The summed E-state index contributed by atoms with van der Waals surface area (Å²) < 4.78 is 0. The molecule has 0 saturated carbocycles. The van der Waals surface area contributed by atoms with Gasteiger partial charge < -0.3 is 4.90 Å². The van der Waals surface area contributed by atoms with Crippen molar-refractivity contribution in [1.29, 1.82) is 0 Å². The molecule has 0 radical (unpaired) electrons. The predicted octanol–water partition coefficient (Wildman–Crippen LogP) is 4.56. The number of benzene rings is 3. The van der Waals surface area contributed by atoms with Crippen molar-refractivity contribution in [3.05, 3.63) is 89.5 Å². The Hall–Kier alpha value is -1.95. The molecule has 3 rings (SSSR count). The molecule has 27 heavy (non-hydrogen) atoms. The minimum atomic E-state index is -0.537. The molecule has 0 aliphatic heterocycles. The number of hydrogen-bond acceptors (Lipinski definition) is 1. The molecule has 3 aromatic carbocycles. The highest BCUT2D eigenvalue weighted by atomic mass is 31.1. The SMILES string of the molecule is Cc1ccc(P(c2ccc(C)cc2)c2ccccc2CCCN(C)C)cc1. The van der Waals surface area contributed by atoms with Crippen molar-refractivity contribution in [1.82, 2.24) is 4.90 Å². The predicted molar refractivity (Wildman–Crippen MR) is 121 cm³/mol. The van der Waals surface area contributed by atoms with Gasteiger partial charge in [-0.2, -0.15) is 0 Å². The van der Waals surface area contributed by atoms with Crippen molar-refractivity contribution >= 4 is 23.8 Å². The summed E-state index contributed by atoms with van der Waals surface area (Å²) in [5.74, 6) is 0. The van der Waals surface area contributed by atoms with Crippen LogP contribution in [-0.2, 0) is 6.42 Å². The molecule has 2 heteroatoms. The lowest BCUT2D eigenvalue weighted by Gasteiger charge is -2.23. The molecule has 1 nitrogen and oxygen atoms in total. The zero-order valence-electron chi connectivity index (χ0n) is 16.9. The van der Waals surface area contributed by atoms with Gasteiger partial charge in [-0.25, -0.2) is 0 Å². The lowest BCUT2D eigenvalue weighted by Crippen LogP contribution is -2.24. The number of rotatable bonds is 7. The highest BCUT2D eigenvalue weighted by molar-refractivity contribution is 7.79. The molecule has 3 aromatic rings. The van der Waals surface area contributed by atoms with Gasteiger partial charge in [0, 0.05) is 0 Å². The van der Waals surface area contributed by atoms with Crippen molar-refractivity contribution in [3.63, 3.8) is 0 Å². The zero-order valence-corrected chi connectivity index (χ0v) is 17.8. The summed E-state index contributed by atoms with van der Waals surface area (Å²) in [5.41, 5.74) is 4.13. The molecule has 0 N–H and O–H groups in total. The van der Waals surface area contributed by atoms with E-state index in [0.29, 0.717) is 0 Å². The van der Waals surface area contributed by atoms with Gasteiger partial charge in [-0.3, -0.25) is 0 Å². The Labute approximate surface area is 165 Å². The minimum Gasteiger partial charge on any atom is -0.309 e. The van der Waals surface area contributed by atoms with Crippen molar-refractivity contribution in [2.75, 3.05) is 20.6 Å². The lowest BCUT2D eigenvalue weighted by atomic mass is 10.1. The van der Waals surface area contributed by atoms with Crippen LogP contribution in [0.1, 0.15) is 23.1 Å². The highest BCUT2D eigenvalue weighted by Crippen LogP contribution is 2.34. The molecule has 0 amide bonds. The van der Waals surface area contributed by atoms with Gasteiger partial charge in [-0.05, 0) is 76.7 Å². The van der Waals surface area contributed by atoms with E-state index in [-0.39, 0.29) is 0 Å². The van der Waals surface area contributed by atoms with E-state index in [0.717, 1.165) is 13.0 Å². The monoisotopic (exact) mass is 375 g/mol. The van der Waals surface area contributed by atoms with E-state index in [4.69, 9.17) is 0 Å². The van der Waals surface area contributed by atoms with Gasteiger partial charge in [0.05, 0.1) is 0 Å². The van der Waals surface area contributed by atoms with E-state index in [9.17, 15) is 0 Å². The van der Waals surface area contributed by atoms with Crippen LogP contribution in [0.5, 0.6) is 0 Å². The number of nitrogens with zero attached hydrogens (tertiary/aromatic N) is 1. The normalized spacial score (nSPS) is 11.3. The summed E-state index contributed by atoms with van der Waals surface area (Å²) in [6.07, 6.45) is 2.32. The molecule has 0 spiro atoms. The van der Waals surface area contributed by atoms with E-state index in [2.05, 4.69) is 106 Å². The van der Waals surface area contributed by atoms with E-state index in [1.807, 2.05) is 0 Å². The van der Waals surface area contributed by atoms with Gasteiger partial charge in [0.15, 0.2) is 0 Å². The minimum absolute atomic E-state index is 0.537.